The standard InChI is InChI=1S/C44H53N11O4/c1-27(2)36-25-53(17-15-30-9-8-10-32(22-30)55-18-16-39(56)50-43(55)58)19-20-54(36)33-12-14-37(45-24-33)49-38-23-35(46-26-47-38)31-11-13-34(28(3)21-31)29(4)48-40(57)41-51-42(52-59-41)44(5,6)7/h8-14,21-24,26-27,29,36H,15-20,25H2,1-7H3,(H,48,57)(H,50,56,58)(H,45,46,47,49)/t29-,36-/m1/s1. The Morgan fingerprint density at radius 1 is 0.949 bits per heavy atom. The highest BCUT2D eigenvalue weighted by molar-refractivity contribution is 6.05. The number of amides is 4. The summed E-state index contributed by atoms with van der Waals surface area (Å²) in [5.41, 5.74) is 6.37. The van der Waals surface area contributed by atoms with E-state index in [2.05, 4.69) is 77.9 Å². The van der Waals surface area contributed by atoms with Crippen LogP contribution in [0.25, 0.3) is 11.3 Å². The predicted molar refractivity (Wildman–Crippen MR) is 227 cm³/mol. The average Bonchev–Trinajstić information content (AvgIpc) is 3.73. The number of piperazine rings is 1. The van der Waals surface area contributed by atoms with Gasteiger partial charge >= 0.3 is 17.8 Å². The number of nitrogens with one attached hydrogen (secondary N) is 3. The Morgan fingerprint density at radius 3 is 2.49 bits per heavy atom. The van der Waals surface area contributed by atoms with Crippen molar-refractivity contribution in [1.82, 2.24) is 40.6 Å². The maximum atomic E-state index is 12.9. The molecule has 2 aliphatic rings. The summed E-state index contributed by atoms with van der Waals surface area (Å²) in [6.07, 6.45) is 4.63. The number of carbonyl (C=O) groups is 3. The smallest absolute Gasteiger partial charge is 0.328 e. The van der Waals surface area contributed by atoms with Gasteiger partial charge < -0.3 is 20.1 Å². The van der Waals surface area contributed by atoms with Crippen molar-refractivity contribution >= 4 is 40.9 Å². The summed E-state index contributed by atoms with van der Waals surface area (Å²) in [4.78, 5) is 61.5. The lowest BCUT2D eigenvalue weighted by molar-refractivity contribution is -0.120. The Kier molecular flexibility index (Phi) is 12.0. The van der Waals surface area contributed by atoms with Crippen molar-refractivity contribution in [2.45, 2.75) is 78.8 Å². The molecule has 5 aromatic rings. The molecule has 0 spiro atoms. The molecule has 0 bridgehead atoms. The number of carbonyl (C=O) groups excluding carboxylic acids is 3. The second kappa shape index (κ2) is 17.3. The molecule has 0 saturated carbocycles. The summed E-state index contributed by atoms with van der Waals surface area (Å²) in [5.74, 6) is 1.51. The maximum Gasteiger partial charge on any atom is 0.328 e. The van der Waals surface area contributed by atoms with Crippen molar-refractivity contribution < 1.29 is 18.9 Å². The van der Waals surface area contributed by atoms with E-state index in [1.165, 1.54) is 6.33 Å². The lowest BCUT2D eigenvalue weighted by atomic mass is 9.96. The summed E-state index contributed by atoms with van der Waals surface area (Å²) in [6, 6.07) is 19.7. The van der Waals surface area contributed by atoms with Crippen LogP contribution in [0.1, 0.15) is 87.2 Å². The molecule has 2 aliphatic heterocycles. The van der Waals surface area contributed by atoms with Gasteiger partial charge in [-0.15, -0.1) is 0 Å². The minimum Gasteiger partial charge on any atom is -0.364 e. The van der Waals surface area contributed by atoms with E-state index in [-0.39, 0.29) is 29.3 Å². The van der Waals surface area contributed by atoms with Crippen molar-refractivity contribution in [2.24, 2.45) is 5.92 Å². The third kappa shape index (κ3) is 9.74. The van der Waals surface area contributed by atoms with Gasteiger partial charge in [-0.1, -0.05) is 64.0 Å². The van der Waals surface area contributed by atoms with Crippen LogP contribution in [0.3, 0.4) is 0 Å². The monoisotopic (exact) mass is 799 g/mol. The van der Waals surface area contributed by atoms with Crippen molar-refractivity contribution in [3.63, 3.8) is 0 Å². The lowest BCUT2D eigenvalue weighted by Crippen LogP contribution is -2.55. The molecule has 5 heterocycles. The van der Waals surface area contributed by atoms with Gasteiger partial charge in [0.1, 0.15) is 18.0 Å². The number of nitrogens with zero attached hydrogens (tertiary/aromatic N) is 8. The number of urea groups is 1. The molecule has 4 amide bonds. The molecule has 308 valence electrons. The molecule has 7 rings (SSSR count). The normalized spacial score (nSPS) is 16.9. The van der Waals surface area contributed by atoms with Gasteiger partial charge in [0, 0.05) is 67.9 Å². The average molecular weight is 800 g/mol. The number of rotatable bonds is 12. The fourth-order valence-corrected chi connectivity index (χ4v) is 7.56. The number of aryl methyl sites for hydroxylation is 1. The van der Waals surface area contributed by atoms with Gasteiger partial charge in [-0.3, -0.25) is 24.7 Å². The van der Waals surface area contributed by atoms with Crippen molar-refractivity contribution in [3.8, 4) is 11.3 Å². The van der Waals surface area contributed by atoms with Gasteiger partial charge in [-0.25, -0.2) is 19.7 Å². The summed E-state index contributed by atoms with van der Waals surface area (Å²) in [7, 11) is 0. The largest absolute Gasteiger partial charge is 0.364 e. The van der Waals surface area contributed by atoms with Crippen LogP contribution in [0.4, 0.5) is 27.8 Å². The minimum absolute atomic E-state index is 0.0560. The van der Waals surface area contributed by atoms with Crippen molar-refractivity contribution in [2.75, 3.05) is 47.8 Å². The first-order valence-electron chi connectivity index (χ1n) is 20.2. The zero-order chi connectivity index (χ0) is 41.8. The van der Waals surface area contributed by atoms with E-state index in [4.69, 9.17) is 9.51 Å². The maximum absolute atomic E-state index is 12.9. The zero-order valence-electron chi connectivity index (χ0n) is 34.8. The summed E-state index contributed by atoms with van der Waals surface area (Å²) < 4.78 is 5.22. The molecule has 15 heteroatoms. The Balaban J connectivity index is 0.940. The third-order valence-electron chi connectivity index (χ3n) is 10.9. The lowest BCUT2D eigenvalue weighted by Gasteiger charge is -2.44. The van der Waals surface area contributed by atoms with Gasteiger partial charge in [-0.05, 0) is 73.2 Å². The molecule has 2 atom stereocenters. The number of aromatic nitrogens is 5. The van der Waals surface area contributed by atoms with E-state index in [1.54, 1.807) is 4.90 Å². The number of benzene rings is 2. The van der Waals surface area contributed by atoms with Crippen LogP contribution >= 0.6 is 0 Å². The van der Waals surface area contributed by atoms with Gasteiger partial charge in [0.15, 0.2) is 5.82 Å². The highest BCUT2D eigenvalue weighted by Crippen LogP contribution is 2.29. The Bertz CT molecular complexity index is 2300. The topological polar surface area (TPSA) is 175 Å². The quantitative estimate of drug-likeness (QED) is 0.124. The van der Waals surface area contributed by atoms with E-state index >= 15 is 0 Å². The molecule has 2 fully saturated rings. The second-order valence-electron chi connectivity index (χ2n) is 16.7. The summed E-state index contributed by atoms with van der Waals surface area (Å²) >= 11 is 0. The number of hydrogen-bond acceptors (Lipinski definition) is 12. The molecule has 3 N–H and O–H groups in total. The highest BCUT2D eigenvalue weighted by Gasteiger charge is 2.30. The summed E-state index contributed by atoms with van der Waals surface area (Å²) in [6.45, 7) is 18.4. The van der Waals surface area contributed by atoms with Gasteiger partial charge in [0.25, 0.3) is 0 Å². The SMILES string of the molecule is Cc1cc(-c2cc(Nc3ccc(N4CCN(CCc5cccc(N6CCC(=O)NC6=O)c5)C[C@@H]4C(C)C)cn3)ncn2)ccc1[C@@H](C)NC(=O)c1nc(C(C)(C)C)no1. The van der Waals surface area contributed by atoms with Crippen LogP contribution < -0.4 is 25.8 Å². The van der Waals surface area contributed by atoms with Crippen LogP contribution in [0.5, 0.6) is 0 Å². The molecule has 2 aromatic carbocycles. The zero-order valence-corrected chi connectivity index (χ0v) is 34.8. The fourth-order valence-electron chi connectivity index (χ4n) is 7.56. The van der Waals surface area contributed by atoms with Crippen molar-refractivity contribution in [1.29, 1.82) is 0 Å². The molecule has 3 aromatic heterocycles. The van der Waals surface area contributed by atoms with E-state index in [1.807, 2.05) is 83.3 Å². The van der Waals surface area contributed by atoms with Crippen LogP contribution in [0.2, 0.25) is 0 Å². The minimum atomic E-state index is -0.418. The number of pyridine rings is 1. The molecule has 2 saturated heterocycles. The fraction of sp³-hybridized carbons (Fsp3) is 0.409. The molecule has 0 aliphatic carbocycles. The molecule has 15 nitrogen and oxygen atoms in total. The Hall–Kier alpha value is -6.22. The highest BCUT2D eigenvalue weighted by atomic mass is 16.5. The van der Waals surface area contributed by atoms with Gasteiger partial charge in [-0.2, -0.15) is 4.98 Å². The van der Waals surface area contributed by atoms with E-state index in [0.29, 0.717) is 42.4 Å². The van der Waals surface area contributed by atoms with Crippen molar-refractivity contribution in [3.05, 3.63) is 102 Å². The number of anilines is 4. The Labute approximate surface area is 345 Å². The molecule has 0 radical (unpaired) electrons. The third-order valence-corrected chi connectivity index (χ3v) is 10.9. The van der Waals surface area contributed by atoms with Crippen LogP contribution in [0.15, 0.2) is 77.7 Å². The first kappa shape index (κ1) is 41.0. The molecular formula is C44H53N11O4. The van der Waals surface area contributed by atoms with E-state index in [9.17, 15) is 14.4 Å². The number of imide groups is 1. The van der Waals surface area contributed by atoms with Crippen LogP contribution in [-0.2, 0) is 16.6 Å². The summed E-state index contributed by atoms with van der Waals surface area (Å²) in [5, 5.41) is 12.7. The van der Waals surface area contributed by atoms with E-state index in [0.717, 1.165) is 71.9 Å². The van der Waals surface area contributed by atoms with E-state index < -0.39 is 5.91 Å². The molecule has 59 heavy (non-hydrogen) atoms. The first-order valence-corrected chi connectivity index (χ1v) is 20.2. The predicted octanol–water partition coefficient (Wildman–Crippen LogP) is 6.60. The van der Waals surface area contributed by atoms with Gasteiger partial charge in [0.2, 0.25) is 5.91 Å². The first-order chi connectivity index (χ1) is 28.2. The molecular weight excluding hydrogens is 747 g/mol. The van der Waals surface area contributed by atoms with Crippen LogP contribution in [-0.4, -0.2) is 86.6 Å². The number of hydrogen-bond donors (Lipinski definition) is 3. The molecule has 0 unspecified atom stereocenters. The Morgan fingerprint density at radius 2 is 1.78 bits per heavy atom. The van der Waals surface area contributed by atoms with Gasteiger partial charge in [0.05, 0.1) is 23.6 Å². The second-order valence-corrected chi connectivity index (χ2v) is 16.7. The van der Waals surface area contributed by atoms with Crippen LogP contribution in [0, 0.1) is 12.8 Å².